The Bertz CT molecular complexity index is 387. The molecule has 0 aromatic carbocycles. The van der Waals surface area contributed by atoms with Crippen molar-refractivity contribution < 1.29 is 14.4 Å². The lowest BCUT2D eigenvalue weighted by molar-refractivity contribution is -0.155. The van der Waals surface area contributed by atoms with Crippen LogP contribution in [-0.2, 0) is 14.4 Å². The second-order valence-corrected chi connectivity index (χ2v) is 6.44. The molecule has 0 spiro atoms. The Morgan fingerprint density at radius 2 is 2.15 bits per heavy atom. The van der Waals surface area contributed by atoms with Gasteiger partial charge in [0.05, 0.1) is 11.8 Å². The van der Waals surface area contributed by atoms with Gasteiger partial charge >= 0.3 is 0 Å². The van der Waals surface area contributed by atoms with E-state index in [1.165, 1.54) is 0 Å². The first-order valence-corrected chi connectivity index (χ1v) is 7.53. The third-order valence-electron chi connectivity index (χ3n) is 4.02. The van der Waals surface area contributed by atoms with Gasteiger partial charge in [-0.1, -0.05) is 5.16 Å². The maximum atomic E-state index is 12.5. The van der Waals surface area contributed by atoms with Gasteiger partial charge < -0.3 is 14.5 Å². The van der Waals surface area contributed by atoms with Crippen molar-refractivity contribution in [2.45, 2.75) is 58.7 Å². The molecule has 5 nitrogen and oxygen atoms in total. The molecule has 20 heavy (non-hydrogen) atoms. The maximum absolute atomic E-state index is 12.5. The minimum Gasteiger partial charge on any atom is -0.379 e. The largest absolute Gasteiger partial charge is 0.379 e. The smallest absolute Gasteiger partial charge is 0.269 e. The Morgan fingerprint density at radius 3 is 2.65 bits per heavy atom. The zero-order valence-corrected chi connectivity index (χ0v) is 13.0. The monoisotopic (exact) mass is 282 g/mol. The molecule has 2 rings (SSSR count). The molecule has 0 unspecified atom stereocenters. The van der Waals surface area contributed by atoms with Crippen molar-refractivity contribution in [2.75, 3.05) is 19.7 Å². The van der Waals surface area contributed by atoms with Crippen LogP contribution in [0, 0.1) is 5.92 Å². The van der Waals surface area contributed by atoms with Gasteiger partial charge in [-0.3, -0.25) is 4.79 Å². The zero-order chi connectivity index (χ0) is 14.8. The zero-order valence-electron chi connectivity index (χ0n) is 13.0. The van der Waals surface area contributed by atoms with E-state index in [0.29, 0.717) is 12.3 Å². The van der Waals surface area contributed by atoms with E-state index in [4.69, 9.17) is 9.57 Å². The van der Waals surface area contributed by atoms with Gasteiger partial charge in [-0.2, -0.15) is 0 Å². The molecule has 0 radical (unpaired) electrons. The third kappa shape index (κ3) is 3.51. The second kappa shape index (κ2) is 6.12. The van der Waals surface area contributed by atoms with Crippen LogP contribution < -0.4 is 0 Å². The summed E-state index contributed by atoms with van der Waals surface area (Å²) in [6, 6.07) is 0. The third-order valence-corrected chi connectivity index (χ3v) is 4.02. The van der Waals surface area contributed by atoms with E-state index in [1.54, 1.807) is 0 Å². The Labute approximate surface area is 121 Å². The molecule has 2 aliphatic rings. The van der Waals surface area contributed by atoms with Gasteiger partial charge in [0.15, 0.2) is 0 Å². The van der Waals surface area contributed by atoms with Gasteiger partial charge in [0.2, 0.25) is 5.60 Å². The van der Waals surface area contributed by atoms with Crippen LogP contribution in [0.15, 0.2) is 5.16 Å². The number of rotatable bonds is 4. The topological polar surface area (TPSA) is 51.1 Å². The summed E-state index contributed by atoms with van der Waals surface area (Å²) in [6.07, 6.45) is 2.89. The molecule has 1 amide bonds. The van der Waals surface area contributed by atoms with Crippen LogP contribution in [0.5, 0.6) is 0 Å². The summed E-state index contributed by atoms with van der Waals surface area (Å²) in [5.74, 6) is 0.637. The first kappa shape index (κ1) is 15.3. The van der Waals surface area contributed by atoms with Crippen LogP contribution in [-0.4, -0.2) is 47.9 Å². The first-order valence-electron chi connectivity index (χ1n) is 7.53. The highest BCUT2D eigenvalue weighted by molar-refractivity contribution is 5.94. The quantitative estimate of drug-likeness (QED) is 0.794. The summed E-state index contributed by atoms with van der Waals surface area (Å²) in [6.45, 7) is 10.2. The Morgan fingerprint density at radius 1 is 1.50 bits per heavy atom. The fourth-order valence-corrected chi connectivity index (χ4v) is 2.81. The molecule has 0 aromatic heterocycles. The van der Waals surface area contributed by atoms with E-state index in [2.05, 4.69) is 19.0 Å². The summed E-state index contributed by atoms with van der Waals surface area (Å²) in [4.78, 5) is 19.8. The predicted octanol–water partition coefficient (Wildman–Crippen LogP) is 2.20. The minimum absolute atomic E-state index is 0.0707. The van der Waals surface area contributed by atoms with Gasteiger partial charge in [0.25, 0.3) is 5.91 Å². The molecule has 5 heteroatoms. The summed E-state index contributed by atoms with van der Waals surface area (Å²) in [5.41, 5.74) is 0.104. The number of piperidine rings is 1. The van der Waals surface area contributed by atoms with Crippen molar-refractivity contribution >= 4 is 11.6 Å². The van der Waals surface area contributed by atoms with Crippen molar-refractivity contribution in [1.82, 2.24) is 4.90 Å². The highest BCUT2D eigenvalue weighted by Crippen LogP contribution is 2.28. The van der Waals surface area contributed by atoms with Crippen LogP contribution in [0.4, 0.5) is 0 Å². The summed E-state index contributed by atoms with van der Waals surface area (Å²) in [7, 11) is 0. The number of hydrogen-bond donors (Lipinski definition) is 0. The van der Waals surface area contributed by atoms with Crippen molar-refractivity contribution in [3.8, 4) is 0 Å². The van der Waals surface area contributed by atoms with Gasteiger partial charge in [0.1, 0.15) is 0 Å². The average Bonchev–Trinajstić information content (AvgIpc) is 2.77. The van der Waals surface area contributed by atoms with Crippen LogP contribution in [0.3, 0.4) is 0 Å². The number of carbonyl (C=O) groups is 1. The molecule has 0 aromatic rings. The second-order valence-electron chi connectivity index (χ2n) is 6.44. The van der Waals surface area contributed by atoms with E-state index in [0.717, 1.165) is 38.2 Å². The molecule has 1 atom stereocenters. The number of ether oxygens (including phenoxy) is 1. The fourth-order valence-electron chi connectivity index (χ4n) is 2.81. The van der Waals surface area contributed by atoms with E-state index >= 15 is 0 Å². The molecule has 0 bridgehead atoms. The number of oxime groups is 1. The van der Waals surface area contributed by atoms with Gasteiger partial charge in [-0.05, 0) is 46.5 Å². The van der Waals surface area contributed by atoms with Crippen molar-refractivity contribution in [2.24, 2.45) is 11.1 Å². The number of nitrogens with zero attached hydrogens (tertiary/aromatic N) is 2. The fraction of sp³-hybridized carbons (Fsp3) is 0.867. The molecular weight excluding hydrogens is 256 g/mol. The van der Waals surface area contributed by atoms with E-state index < -0.39 is 5.60 Å². The molecule has 2 aliphatic heterocycles. The van der Waals surface area contributed by atoms with Crippen LogP contribution in [0.25, 0.3) is 0 Å². The van der Waals surface area contributed by atoms with Crippen LogP contribution >= 0.6 is 0 Å². The minimum atomic E-state index is -0.786. The highest BCUT2D eigenvalue weighted by atomic mass is 16.7. The van der Waals surface area contributed by atoms with Crippen LogP contribution in [0.2, 0.25) is 0 Å². The van der Waals surface area contributed by atoms with Crippen molar-refractivity contribution in [3.63, 3.8) is 0 Å². The van der Waals surface area contributed by atoms with Gasteiger partial charge in [0, 0.05) is 26.1 Å². The molecule has 0 N–H and O–H groups in total. The van der Waals surface area contributed by atoms with Crippen molar-refractivity contribution in [3.05, 3.63) is 0 Å². The molecule has 0 aliphatic carbocycles. The number of hydrogen-bond acceptors (Lipinski definition) is 4. The normalized spacial score (nSPS) is 27.6. The Balaban J connectivity index is 1.80. The Hall–Kier alpha value is -1.10. The summed E-state index contributed by atoms with van der Waals surface area (Å²) < 4.78 is 5.66. The molecule has 0 saturated carbocycles. The van der Waals surface area contributed by atoms with E-state index in [9.17, 15) is 4.79 Å². The van der Waals surface area contributed by atoms with Crippen LogP contribution in [0.1, 0.15) is 47.0 Å². The molecular formula is C15H26N2O3. The lowest BCUT2D eigenvalue weighted by Crippen LogP contribution is -2.50. The molecule has 1 saturated heterocycles. The Kier molecular flexibility index (Phi) is 4.68. The molecule has 2 heterocycles. The average molecular weight is 282 g/mol. The molecule has 114 valence electrons. The first-order chi connectivity index (χ1) is 9.40. The number of likely N-dealkylation sites (tertiary alicyclic amines) is 1. The van der Waals surface area contributed by atoms with E-state index in [-0.39, 0.29) is 12.0 Å². The number of amides is 1. The highest BCUT2D eigenvalue weighted by Gasteiger charge is 2.43. The molecule has 1 fully saturated rings. The van der Waals surface area contributed by atoms with E-state index in [1.807, 2.05) is 18.7 Å². The summed E-state index contributed by atoms with van der Waals surface area (Å²) >= 11 is 0. The predicted molar refractivity (Wildman–Crippen MR) is 77.6 cm³/mol. The van der Waals surface area contributed by atoms with Gasteiger partial charge in [-0.25, -0.2) is 0 Å². The van der Waals surface area contributed by atoms with Crippen molar-refractivity contribution in [1.29, 1.82) is 0 Å². The standard InChI is InChI=1S/C15H26N2O3/c1-11(2)19-10-13-5-7-17(8-6-13)14(18)15(4)9-12(3)16-20-15/h11,13H,5-10H2,1-4H3/t15-/m1/s1. The lowest BCUT2D eigenvalue weighted by atomic mass is 9.94. The SMILES string of the molecule is CC1=NO[C@@](C)(C(=O)N2CCC(COC(C)C)CC2)C1. The maximum Gasteiger partial charge on any atom is 0.269 e. The summed E-state index contributed by atoms with van der Waals surface area (Å²) in [5, 5.41) is 3.92. The number of carbonyl (C=O) groups excluding carboxylic acids is 1. The lowest BCUT2D eigenvalue weighted by Gasteiger charge is -2.35. The van der Waals surface area contributed by atoms with Gasteiger partial charge in [-0.15, -0.1) is 0 Å².